The number of hydrogen-bond donors (Lipinski definition) is 1. The van der Waals surface area contributed by atoms with E-state index in [1.54, 1.807) is 11.0 Å². The summed E-state index contributed by atoms with van der Waals surface area (Å²) >= 11 is 0. The minimum absolute atomic E-state index is 0.0853. The van der Waals surface area contributed by atoms with Crippen LogP contribution < -0.4 is 5.56 Å². The second-order valence-corrected chi connectivity index (χ2v) is 7.36. The van der Waals surface area contributed by atoms with Gasteiger partial charge in [0.25, 0.3) is 5.91 Å². The molecule has 1 aromatic heterocycles. The van der Waals surface area contributed by atoms with Gasteiger partial charge in [-0.15, -0.1) is 0 Å². The van der Waals surface area contributed by atoms with E-state index < -0.39 is 5.54 Å². The van der Waals surface area contributed by atoms with Crippen LogP contribution in [0.5, 0.6) is 0 Å². The van der Waals surface area contributed by atoms with E-state index in [4.69, 9.17) is 0 Å². The quantitative estimate of drug-likeness (QED) is 0.910. The molecule has 136 valence electrons. The van der Waals surface area contributed by atoms with Crippen molar-refractivity contribution >= 4 is 11.8 Å². The first-order valence-electron chi connectivity index (χ1n) is 9.26. The molecule has 6 heteroatoms. The lowest BCUT2D eigenvalue weighted by Gasteiger charge is -2.46. The fourth-order valence-corrected chi connectivity index (χ4v) is 4.31. The molecule has 1 spiro atoms. The normalized spacial score (nSPS) is 23.8. The minimum Gasteiger partial charge on any atom is -0.338 e. The Morgan fingerprint density at radius 1 is 1.20 bits per heavy atom. The third-order valence-electron chi connectivity index (χ3n) is 5.59. The molecular formula is C19H27N3O3. The molecule has 3 heterocycles. The summed E-state index contributed by atoms with van der Waals surface area (Å²) in [6.45, 7) is 7.32. The number of piperidine rings is 1. The third-order valence-corrected chi connectivity index (χ3v) is 5.59. The maximum atomic E-state index is 13.3. The van der Waals surface area contributed by atoms with Crippen LogP contribution in [0.25, 0.3) is 0 Å². The van der Waals surface area contributed by atoms with Gasteiger partial charge >= 0.3 is 0 Å². The molecule has 1 unspecified atom stereocenters. The van der Waals surface area contributed by atoms with Gasteiger partial charge in [-0.1, -0.05) is 6.92 Å². The summed E-state index contributed by atoms with van der Waals surface area (Å²) in [6, 6.07) is 3.12. The molecule has 3 rings (SSSR count). The Morgan fingerprint density at radius 2 is 1.88 bits per heavy atom. The lowest BCUT2D eigenvalue weighted by molar-refractivity contribution is -0.147. The molecule has 0 bridgehead atoms. The Labute approximate surface area is 148 Å². The highest BCUT2D eigenvalue weighted by Crippen LogP contribution is 2.39. The molecule has 1 atom stereocenters. The SMILES string of the molecule is CCc1[nH]c(=O)ccc1C(=O)N1CCCC12CCCN(C(C)C)C2=O. The van der Waals surface area contributed by atoms with Crippen molar-refractivity contribution in [1.29, 1.82) is 0 Å². The fraction of sp³-hybridized carbons (Fsp3) is 0.632. The molecule has 25 heavy (non-hydrogen) atoms. The number of rotatable bonds is 3. The third kappa shape index (κ3) is 2.87. The molecule has 2 saturated heterocycles. The first-order chi connectivity index (χ1) is 11.9. The highest BCUT2D eigenvalue weighted by Gasteiger charge is 2.53. The van der Waals surface area contributed by atoms with E-state index in [1.165, 1.54) is 6.07 Å². The predicted molar refractivity (Wildman–Crippen MR) is 95.5 cm³/mol. The summed E-state index contributed by atoms with van der Waals surface area (Å²) in [6.07, 6.45) is 3.79. The first-order valence-corrected chi connectivity index (χ1v) is 9.26. The van der Waals surface area contributed by atoms with Gasteiger partial charge in [-0.25, -0.2) is 0 Å². The van der Waals surface area contributed by atoms with Crippen LogP contribution in [0.3, 0.4) is 0 Å². The van der Waals surface area contributed by atoms with Crippen molar-refractivity contribution in [3.8, 4) is 0 Å². The number of H-pyrrole nitrogens is 1. The Kier molecular flexibility index (Phi) is 4.71. The van der Waals surface area contributed by atoms with Crippen LogP contribution >= 0.6 is 0 Å². The van der Waals surface area contributed by atoms with Crippen molar-refractivity contribution in [2.24, 2.45) is 0 Å². The molecule has 0 aromatic carbocycles. The highest BCUT2D eigenvalue weighted by molar-refractivity contribution is 6.00. The molecule has 6 nitrogen and oxygen atoms in total. The van der Waals surface area contributed by atoms with Gasteiger partial charge < -0.3 is 14.8 Å². The number of amides is 2. The van der Waals surface area contributed by atoms with Crippen LogP contribution in [0.2, 0.25) is 0 Å². The second-order valence-electron chi connectivity index (χ2n) is 7.36. The van der Waals surface area contributed by atoms with E-state index in [2.05, 4.69) is 4.98 Å². The average molecular weight is 345 g/mol. The predicted octanol–water partition coefficient (Wildman–Crippen LogP) is 1.94. The Bertz CT molecular complexity index is 740. The average Bonchev–Trinajstić information content (AvgIpc) is 3.01. The number of nitrogens with one attached hydrogen (secondary N) is 1. The monoisotopic (exact) mass is 345 g/mol. The van der Waals surface area contributed by atoms with Gasteiger partial charge in [0, 0.05) is 30.9 Å². The van der Waals surface area contributed by atoms with Gasteiger partial charge in [0.1, 0.15) is 5.54 Å². The molecule has 2 aliphatic rings. The fourth-order valence-electron chi connectivity index (χ4n) is 4.31. The molecule has 2 amide bonds. The number of nitrogens with zero attached hydrogens (tertiary/aromatic N) is 2. The number of carbonyl (C=O) groups is 2. The topological polar surface area (TPSA) is 73.5 Å². The highest BCUT2D eigenvalue weighted by atomic mass is 16.2. The number of pyridine rings is 1. The van der Waals surface area contributed by atoms with Crippen LogP contribution in [0.1, 0.15) is 62.5 Å². The number of carbonyl (C=O) groups excluding carboxylic acids is 2. The molecule has 0 aliphatic carbocycles. The van der Waals surface area contributed by atoms with E-state index >= 15 is 0 Å². The lowest BCUT2D eigenvalue weighted by Crippen LogP contribution is -2.62. The van der Waals surface area contributed by atoms with Crippen LogP contribution in [0.4, 0.5) is 0 Å². The van der Waals surface area contributed by atoms with Crippen LogP contribution in [-0.4, -0.2) is 51.3 Å². The molecule has 1 N–H and O–H groups in total. The Hall–Kier alpha value is -2.11. The molecule has 0 radical (unpaired) electrons. The van der Waals surface area contributed by atoms with Crippen molar-refractivity contribution in [1.82, 2.24) is 14.8 Å². The van der Waals surface area contributed by atoms with Crippen molar-refractivity contribution in [2.45, 2.75) is 64.5 Å². The molecule has 2 fully saturated rings. The van der Waals surface area contributed by atoms with Crippen molar-refractivity contribution in [3.63, 3.8) is 0 Å². The van der Waals surface area contributed by atoms with Gasteiger partial charge in [-0.2, -0.15) is 0 Å². The maximum absolute atomic E-state index is 13.3. The summed E-state index contributed by atoms with van der Waals surface area (Å²) in [7, 11) is 0. The molecule has 0 saturated carbocycles. The van der Waals surface area contributed by atoms with E-state index in [9.17, 15) is 14.4 Å². The Balaban J connectivity index is 1.98. The standard InChI is InChI=1S/C19H27N3O3/c1-4-15-14(7-8-16(23)20-15)17(24)22-12-6-10-19(22)9-5-11-21(13(2)3)18(19)25/h7-8,13H,4-6,9-12H2,1-3H3,(H,20,23). The number of likely N-dealkylation sites (tertiary alicyclic amines) is 2. The number of aromatic nitrogens is 1. The summed E-state index contributed by atoms with van der Waals surface area (Å²) in [5.74, 6) is -0.0494. The Morgan fingerprint density at radius 3 is 2.52 bits per heavy atom. The number of aryl methyl sites for hydroxylation is 1. The van der Waals surface area contributed by atoms with E-state index in [1.807, 2.05) is 25.7 Å². The zero-order valence-corrected chi connectivity index (χ0v) is 15.3. The maximum Gasteiger partial charge on any atom is 0.256 e. The van der Waals surface area contributed by atoms with Crippen LogP contribution in [0.15, 0.2) is 16.9 Å². The largest absolute Gasteiger partial charge is 0.338 e. The van der Waals surface area contributed by atoms with E-state index in [0.29, 0.717) is 24.2 Å². The molecular weight excluding hydrogens is 318 g/mol. The van der Waals surface area contributed by atoms with E-state index in [-0.39, 0.29) is 23.4 Å². The first kappa shape index (κ1) is 17.7. The van der Waals surface area contributed by atoms with Crippen molar-refractivity contribution in [2.75, 3.05) is 13.1 Å². The summed E-state index contributed by atoms with van der Waals surface area (Å²) in [5.41, 5.74) is 0.242. The van der Waals surface area contributed by atoms with Gasteiger partial charge in [-0.3, -0.25) is 14.4 Å². The zero-order chi connectivity index (χ0) is 18.2. The van der Waals surface area contributed by atoms with Crippen molar-refractivity contribution in [3.05, 3.63) is 33.7 Å². The molecule has 1 aromatic rings. The van der Waals surface area contributed by atoms with Gasteiger partial charge in [0.05, 0.1) is 5.56 Å². The van der Waals surface area contributed by atoms with E-state index in [0.717, 1.165) is 32.2 Å². The lowest BCUT2D eigenvalue weighted by atomic mass is 9.84. The second kappa shape index (κ2) is 6.65. The smallest absolute Gasteiger partial charge is 0.256 e. The zero-order valence-electron chi connectivity index (χ0n) is 15.3. The summed E-state index contributed by atoms with van der Waals surface area (Å²) < 4.78 is 0. The summed E-state index contributed by atoms with van der Waals surface area (Å²) in [5, 5.41) is 0. The van der Waals surface area contributed by atoms with Crippen molar-refractivity contribution < 1.29 is 9.59 Å². The van der Waals surface area contributed by atoms with Gasteiger partial charge in [0.15, 0.2) is 0 Å². The van der Waals surface area contributed by atoms with Crippen LogP contribution in [-0.2, 0) is 11.2 Å². The summed E-state index contributed by atoms with van der Waals surface area (Å²) in [4.78, 5) is 44.5. The number of hydrogen-bond acceptors (Lipinski definition) is 3. The molecule has 2 aliphatic heterocycles. The van der Waals surface area contributed by atoms with Gasteiger partial charge in [0.2, 0.25) is 11.5 Å². The minimum atomic E-state index is -0.708. The van der Waals surface area contributed by atoms with Crippen LogP contribution in [0, 0.1) is 0 Å². The van der Waals surface area contributed by atoms with Gasteiger partial charge in [-0.05, 0) is 52.0 Å². The number of aromatic amines is 1.